The van der Waals surface area contributed by atoms with Crippen molar-refractivity contribution in [3.8, 4) is 0 Å². The highest BCUT2D eigenvalue weighted by atomic mass is 35.5. The smallest absolute Gasteiger partial charge is 0.259 e. The molecule has 1 aromatic heterocycles. The number of aryl methyl sites for hydroxylation is 1. The van der Waals surface area contributed by atoms with Crippen LogP contribution in [0.3, 0.4) is 0 Å². The molecule has 9 heteroatoms. The fourth-order valence-electron chi connectivity index (χ4n) is 2.94. The molecular weight excluding hydrogens is 412 g/mol. The summed E-state index contributed by atoms with van der Waals surface area (Å²) >= 11 is 6.21. The second-order valence-electron chi connectivity index (χ2n) is 6.88. The molecule has 29 heavy (non-hydrogen) atoms. The van der Waals surface area contributed by atoms with Gasteiger partial charge >= 0.3 is 0 Å². The monoisotopic (exact) mass is 434 g/mol. The first kappa shape index (κ1) is 21.3. The molecule has 3 rings (SSSR count). The van der Waals surface area contributed by atoms with E-state index in [1.165, 1.54) is 29.6 Å². The highest BCUT2D eigenvalue weighted by Gasteiger charge is 2.25. The molecule has 1 heterocycles. The van der Waals surface area contributed by atoms with Crippen molar-refractivity contribution in [1.29, 1.82) is 0 Å². The molecule has 0 fully saturated rings. The predicted octanol–water partition coefficient (Wildman–Crippen LogP) is 3.99. The highest BCUT2D eigenvalue weighted by molar-refractivity contribution is 7.89. The number of fused-ring (bicyclic) bond motifs is 1. The average Bonchev–Trinajstić information content (AvgIpc) is 3.04. The van der Waals surface area contributed by atoms with Gasteiger partial charge in [-0.25, -0.2) is 13.4 Å². The number of carbonyl (C=O) groups excluding carboxylic acids is 1. The first-order valence-corrected chi connectivity index (χ1v) is 11.0. The van der Waals surface area contributed by atoms with Gasteiger partial charge in [-0.3, -0.25) is 10.1 Å². The number of sulfonamides is 1. The molecule has 0 unspecified atom stereocenters. The molecule has 0 saturated heterocycles. The second kappa shape index (κ2) is 8.14. The Balaban J connectivity index is 1.98. The summed E-state index contributed by atoms with van der Waals surface area (Å²) in [5.41, 5.74) is 1.72. The van der Waals surface area contributed by atoms with E-state index in [4.69, 9.17) is 11.6 Å². The third-order valence-corrected chi connectivity index (χ3v) is 7.14. The number of aromatic nitrogens is 2. The fraction of sp³-hybridized carbons (Fsp3) is 0.300. The van der Waals surface area contributed by atoms with E-state index < -0.39 is 15.9 Å². The van der Waals surface area contributed by atoms with Crippen LogP contribution >= 0.6 is 11.6 Å². The number of carbonyl (C=O) groups is 1. The molecule has 0 bridgehead atoms. The summed E-state index contributed by atoms with van der Waals surface area (Å²) in [6, 6.07) is 11.4. The molecule has 0 aliphatic heterocycles. The number of hydrogen-bond acceptors (Lipinski definition) is 4. The molecule has 154 valence electrons. The number of nitrogens with zero attached hydrogens (tertiary/aromatic N) is 3. The first-order chi connectivity index (χ1) is 13.7. The van der Waals surface area contributed by atoms with Gasteiger partial charge in [0.25, 0.3) is 5.91 Å². The van der Waals surface area contributed by atoms with Gasteiger partial charge in [0.1, 0.15) is 0 Å². The standard InChI is InChI=1S/C20H23ClN4O3S/c1-5-25-18-9-7-6-8-17(18)22-20(25)23-19(26)15-12-14(10-11-16(15)21)29(27,28)24(4)13(2)3/h6-13H,5H2,1-4H3,(H,22,23,26). The molecular formula is C20H23ClN4O3S. The molecule has 2 aromatic carbocycles. The normalized spacial score (nSPS) is 12.1. The highest BCUT2D eigenvalue weighted by Crippen LogP contribution is 2.25. The van der Waals surface area contributed by atoms with Crippen LogP contribution in [0.15, 0.2) is 47.4 Å². The van der Waals surface area contributed by atoms with Crippen LogP contribution in [0.2, 0.25) is 5.02 Å². The lowest BCUT2D eigenvalue weighted by molar-refractivity contribution is 0.102. The lowest BCUT2D eigenvalue weighted by Gasteiger charge is -2.21. The Bertz CT molecular complexity index is 1170. The fourth-order valence-corrected chi connectivity index (χ4v) is 4.54. The maximum atomic E-state index is 12.9. The van der Waals surface area contributed by atoms with Gasteiger partial charge in [0.2, 0.25) is 16.0 Å². The maximum Gasteiger partial charge on any atom is 0.259 e. The first-order valence-electron chi connectivity index (χ1n) is 9.21. The topological polar surface area (TPSA) is 84.3 Å². The van der Waals surface area contributed by atoms with Crippen molar-refractivity contribution >= 4 is 44.5 Å². The van der Waals surface area contributed by atoms with Gasteiger partial charge in [-0.15, -0.1) is 0 Å². The summed E-state index contributed by atoms with van der Waals surface area (Å²) in [6.45, 7) is 6.11. The molecule has 0 radical (unpaired) electrons. The van der Waals surface area contributed by atoms with E-state index in [0.29, 0.717) is 12.5 Å². The Morgan fingerprint density at radius 2 is 1.93 bits per heavy atom. The summed E-state index contributed by atoms with van der Waals surface area (Å²) in [4.78, 5) is 17.4. The van der Waals surface area contributed by atoms with E-state index in [-0.39, 0.29) is 21.5 Å². The summed E-state index contributed by atoms with van der Waals surface area (Å²) in [7, 11) is -2.25. The van der Waals surface area contributed by atoms with Crippen LogP contribution in [0.25, 0.3) is 11.0 Å². The number of hydrogen-bond donors (Lipinski definition) is 1. The number of halogens is 1. The lowest BCUT2D eigenvalue weighted by Crippen LogP contribution is -2.33. The third-order valence-electron chi connectivity index (χ3n) is 4.78. The number of rotatable bonds is 6. The molecule has 0 spiro atoms. The summed E-state index contributed by atoms with van der Waals surface area (Å²) in [5, 5.41) is 2.92. The van der Waals surface area contributed by atoms with E-state index in [1.54, 1.807) is 13.8 Å². The van der Waals surface area contributed by atoms with Crippen LogP contribution in [0.5, 0.6) is 0 Å². The predicted molar refractivity (Wildman–Crippen MR) is 115 cm³/mol. The minimum absolute atomic E-state index is 0.00671. The van der Waals surface area contributed by atoms with Crippen LogP contribution < -0.4 is 5.32 Å². The Morgan fingerprint density at radius 3 is 2.59 bits per heavy atom. The number of benzene rings is 2. The van der Waals surface area contributed by atoms with Gasteiger partial charge in [-0.2, -0.15) is 4.31 Å². The molecule has 0 aliphatic carbocycles. The molecule has 3 aromatic rings. The van der Waals surface area contributed by atoms with E-state index >= 15 is 0 Å². The number of nitrogens with one attached hydrogen (secondary N) is 1. The van der Waals surface area contributed by atoms with Crippen molar-refractivity contribution in [1.82, 2.24) is 13.9 Å². The minimum atomic E-state index is -3.74. The van der Waals surface area contributed by atoms with Crippen molar-refractivity contribution < 1.29 is 13.2 Å². The zero-order valence-electron chi connectivity index (χ0n) is 16.7. The van der Waals surface area contributed by atoms with E-state index in [0.717, 1.165) is 11.0 Å². The van der Waals surface area contributed by atoms with Gasteiger partial charge in [-0.1, -0.05) is 23.7 Å². The SMILES string of the molecule is CCn1c(NC(=O)c2cc(S(=O)(=O)N(C)C(C)C)ccc2Cl)nc2ccccc21. The largest absolute Gasteiger partial charge is 0.310 e. The van der Waals surface area contributed by atoms with E-state index in [9.17, 15) is 13.2 Å². The quantitative estimate of drug-likeness (QED) is 0.635. The average molecular weight is 435 g/mol. The molecule has 0 saturated carbocycles. The third kappa shape index (κ3) is 4.01. The van der Waals surface area contributed by atoms with Gasteiger partial charge in [0.15, 0.2) is 0 Å². The van der Waals surface area contributed by atoms with Crippen LogP contribution in [-0.2, 0) is 16.6 Å². The van der Waals surface area contributed by atoms with Crippen molar-refractivity contribution in [2.75, 3.05) is 12.4 Å². The van der Waals surface area contributed by atoms with Gasteiger partial charge < -0.3 is 4.57 Å². The Labute approximate surface area is 175 Å². The van der Waals surface area contributed by atoms with Crippen molar-refractivity contribution in [3.63, 3.8) is 0 Å². The Hall–Kier alpha value is -2.42. The minimum Gasteiger partial charge on any atom is -0.310 e. The van der Waals surface area contributed by atoms with Crippen molar-refractivity contribution in [3.05, 3.63) is 53.1 Å². The number of anilines is 1. The number of imidazole rings is 1. The van der Waals surface area contributed by atoms with Crippen LogP contribution in [-0.4, -0.2) is 41.3 Å². The summed E-state index contributed by atoms with van der Waals surface area (Å²) in [6.07, 6.45) is 0. The van der Waals surface area contributed by atoms with Gasteiger partial charge in [0, 0.05) is 19.6 Å². The van der Waals surface area contributed by atoms with E-state index in [1.807, 2.05) is 35.8 Å². The maximum absolute atomic E-state index is 12.9. The zero-order chi connectivity index (χ0) is 21.3. The molecule has 0 aliphatic rings. The summed E-state index contributed by atoms with van der Waals surface area (Å²) in [5.74, 6) is -0.147. The molecule has 1 N–H and O–H groups in total. The lowest BCUT2D eigenvalue weighted by atomic mass is 10.2. The summed E-state index contributed by atoms with van der Waals surface area (Å²) < 4.78 is 28.7. The number of para-hydroxylation sites is 2. The van der Waals surface area contributed by atoms with Crippen molar-refractivity contribution in [2.24, 2.45) is 0 Å². The second-order valence-corrected chi connectivity index (χ2v) is 9.28. The van der Waals surface area contributed by atoms with Gasteiger partial charge in [0.05, 0.1) is 26.5 Å². The molecule has 0 atom stereocenters. The molecule has 7 nitrogen and oxygen atoms in total. The van der Waals surface area contributed by atoms with Crippen molar-refractivity contribution in [2.45, 2.75) is 38.3 Å². The van der Waals surface area contributed by atoms with Gasteiger partial charge in [-0.05, 0) is 51.1 Å². The number of amides is 1. The Kier molecular flexibility index (Phi) is 5.97. The van der Waals surface area contributed by atoms with Crippen LogP contribution in [0.4, 0.5) is 5.95 Å². The zero-order valence-corrected chi connectivity index (χ0v) is 18.3. The Morgan fingerprint density at radius 1 is 1.24 bits per heavy atom. The van der Waals surface area contributed by atoms with Crippen LogP contribution in [0.1, 0.15) is 31.1 Å². The van der Waals surface area contributed by atoms with E-state index in [2.05, 4.69) is 10.3 Å². The van der Waals surface area contributed by atoms with Crippen LogP contribution in [0, 0.1) is 0 Å². The molecule has 1 amide bonds.